The smallest absolute Gasteiger partial charge is 0.353 e. The van der Waals surface area contributed by atoms with Gasteiger partial charge in [-0.15, -0.1) is 16.9 Å². The summed E-state index contributed by atoms with van der Waals surface area (Å²) in [5.41, 5.74) is 0.112. The summed E-state index contributed by atoms with van der Waals surface area (Å²) >= 11 is 1.42. The van der Waals surface area contributed by atoms with E-state index >= 15 is 0 Å². The van der Waals surface area contributed by atoms with E-state index in [2.05, 4.69) is 15.5 Å². The number of β-lactam (4-membered cyclic amide) rings is 1. The second kappa shape index (κ2) is 8.17. The van der Waals surface area contributed by atoms with E-state index in [1.165, 1.54) is 16.7 Å². The monoisotopic (exact) mass is 381 g/mol. The van der Waals surface area contributed by atoms with Gasteiger partial charge >= 0.3 is 5.97 Å². The van der Waals surface area contributed by atoms with Crippen molar-refractivity contribution in [2.24, 2.45) is 5.92 Å². The number of allylic oxidation sites excluding steroid dienone is 1. The highest BCUT2D eigenvalue weighted by molar-refractivity contribution is 8.04. The molecule has 3 atom stereocenters. The van der Waals surface area contributed by atoms with Gasteiger partial charge in [0, 0.05) is 11.4 Å². The number of aliphatic hydroxyl groups is 1. The minimum Gasteiger partial charge on any atom is -0.477 e. The molecule has 9 nitrogen and oxygen atoms in total. The van der Waals surface area contributed by atoms with Crippen LogP contribution < -0.4 is 0 Å². The maximum atomic E-state index is 12.1. The third-order valence-corrected chi connectivity index (χ3v) is 6.18. The quantitative estimate of drug-likeness (QED) is 0.458. The Hall–Kier alpha value is -1.94. The van der Waals surface area contributed by atoms with Crippen molar-refractivity contribution in [3.8, 4) is 0 Å². The van der Waals surface area contributed by atoms with Crippen LogP contribution in [0.25, 0.3) is 0 Å². The van der Waals surface area contributed by atoms with Crippen LogP contribution in [-0.4, -0.2) is 58.7 Å². The molecule has 2 aliphatic heterocycles. The van der Waals surface area contributed by atoms with Gasteiger partial charge in [-0.1, -0.05) is 19.3 Å². The second-order valence-electron chi connectivity index (χ2n) is 6.65. The third kappa shape index (κ3) is 3.75. The third-order valence-electron chi connectivity index (χ3n) is 4.76. The van der Waals surface area contributed by atoms with Gasteiger partial charge < -0.3 is 10.2 Å². The van der Waals surface area contributed by atoms with Crippen LogP contribution in [0.5, 0.6) is 0 Å². The lowest BCUT2D eigenvalue weighted by Gasteiger charge is -2.43. The van der Waals surface area contributed by atoms with Gasteiger partial charge in [-0.25, -0.2) is 9.48 Å². The van der Waals surface area contributed by atoms with Crippen LogP contribution in [0.3, 0.4) is 0 Å². The van der Waals surface area contributed by atoms with Gasteiger partial charge in [-0.3, -0.25) is 9.69 Å². The fraction of sp³-hybridized carbons (Fsp3) is 0.688. The molecule has 3 heterocycles. The van der Waals surface area contributed by atoms with E-state index in [1.807, 2.05) is 0 Å². The van der Waals surface area contributed by atoms with E-state index < -0.39 is 18.0 Å². The number of carboxylic acids is 1. The average Bonchev–Trinajstić information content (AvgIpc) is 3.19. The number of unbranched alkanes of at least 4 members (excludes halogenated alkanes) is 4. The van der Waals surface area contributed by atoms with Crippen LogP contribution >= 0.6 is 11.8 Å². The number of rotatable bonds is 10. The highest BCUT2D eigenvalue weighted by atomic mass is 32.2. The molecule has 0 spiro atoms. The molecule has 1 aromatic heterocycles. The van der Waals surface area contributed by atoms with E-state index in [0.717, 1.165) is 43.6 Å². The van der Waals surface area contributed by atoms with Gasteiger partial charge in [0.05, 0.1) is 12.0 Å². The average molecular weight is 381 g/mol. The molecule has 0 saturated carbocycles. The first-order valence-corrected chi connectivity index (χ1v) is 9.73. The number of carboxylic acid groups (broad SMARTS) is 1. The zero-order valence-corrected chi connectivity index (χ0v) is 15.4. The van der Waals surface area contributed by atoms with E-state index in [0.29, 0.717) is 6.42 Å². The van der Waals surface area contributed by atoms with Crippen LogP contribution in [0.2, 0.25) is 0 Å². The molecule has 0 radical (unpaired) electrons. The molecule has 3 rings (SSSR count). The predicted molar refractivity (Wildman–Crippen MR) is 93.6 cm³/mol. The first-order chi connectivity index (χ1) is 12.5. The molecule has 10 heteroatoms. The van der Waals surface area contributed by atoms with Crippen LogP contribution in [0.15, 0.2) is 16.9 Å². The molecular weight excluding hydrogens is 358 g/mol. The Morgan fingerprint density at radius 1 is 1.31 bits per heavy atom. The summed E-state index contributed by atoms with van der Waals surface area (Å²) in [7, 11) is 0. The number of aliphatic carboxylic acids is 1. The number of aromatic nitrogens is 4. The molecule has 142 valence electrons. The SMILES string of the molecule is C[C@@H](O)[C@H]1C(=O)N2C(C(=O)O)=C(CCCCCCCn3cnnn3)S[C@H]12. The van der Waals surface area contributed by atoms with Crippen molar-refractivity contribution in [3.05, 3.63) is 16.9 Å². The molecule has 26 heavy (non-hydrogen) atoms. The molecule has 1 amide bonds. The minimum atomic E-state index is -1.06. The Morgan fingerprint density at radius 2 is 2.04 bits per heavy atom. The van der Waals surface area contributed by atoms with Crippen molar-refractivity contribution in [3.63, 3.8) is 0 Å². The molecule has 1 aromatic rings. The van der Waals surface area contributed by atoms with E-state index in [9.17, 15) is 19.8 Å². The van der Waals surface area contributed by atoms with Gasteiger partial charge in [0.15, 0.2) is 0 Å². The first-order valence-electron chi connectivity index (χ1n) is 8.85. The fourth-order valence-electron chi connectivity index (χ4n) is 3.40. The predicted octanol–water partition coefficient (Wildman–Crippen LogP) is 1.22. The van der Waals surface area contributed by atoms with Crippen LogP contribution in [-0.2, 0) is 16.1 Å². The van der Waals surface area contributed by atoms with Crippen LogP contribution in [0.1, 0.15) is 45.4 Å². The Morgan fingerprint density at radius 3 is 2.69 bits per heavy atom. The van der Waals surface area contributed by atoms with Crippen molar-refractivity contribution in [1.82, 2.24) is 25.1 Å². The summed E-state index contributed by atoms with van der Waals surface area (Å²) in [4.78, 5) is 25.8. The van der Waals surface area contributed by atoms with Gasteiger partial charge in [0.2, 0.25) is 5.91 Å². The number of amides is 1. The summed E-state index contributed by atoms with van der Waals surface area (Å²) < 4.78 is 1.71. The molecule has 0 aliphatic carbocycles. The summed E-state index contributed by atoms with van der Waals surface area (Å²) in [6.45, 7) is 2.38. The second-order valence-corrected chi connectivity index (χ2v) is 7.86. The highest BCUT2D eigenvalue weighted by Crippen LogP contribution is 2.51. The first kappa shape index (κ1) is 18.8. The topological polar surface area (TPSA) is 121 Å². The largest absolute Gasteiger partial charge is 0.477 e. The van der Waals surface area contributed by atoms with Gasteiger partial charge in [0.1, 0.15) is 17.4 Å². The molecule has 0 aromatic carbocycles. The van der Waals surface area contributed by atoms with Gasteiger partial charge in [-0.2, -0.15) is 0 Å². The number of carbonyl (C=O) groups excluding carboxylic acids is 1. The Labute approximate surface area is 155 Å². The summed E-state index contributed by atoms with van der Waals surface area (Å²) in [6.07, 6.45) is 6.52. The molecule has 1 saturated heterocycles. The molecule has 0 bridgehead atoms. The highest BCUT2D eigenvalue weighted by Gasteiger charge is 2.57. The maximum Gasteiger partial charge on any atom is 0.353 e. The molecule has 2 N–H and O–H groups in total. The summed E-state index contributed by atoms with van der Waals surface area (Å²) in [5.74, 6) is -1.85. The Balaban J connectivity index is 1.42. The molecular formula is C16H23N5O4S. The number of tetrazole rings is 1. The zero-order chi connectivity index (χ0) is 18.7. The maximum absolute atomic E-state index is 12.1. The number of aliphatic hydroxyl groups excluding tert-OH is 1. The molecule has 2 aliphatic rings. The van der Waals surface area contributed by atoms with Gasteiger partial charge in [-0.05, 0) is 36.6 Å². The lowest BCUT2D eigenvalue weighted by atomic mass is 9.92. The number of nitrogens with zero attached hydrogens (tertiary/aromatic N) is 5. The normalized spacial score (nSPS) is 23.2. The number of hydrogen-bond acceptors (Lipinski definition) is 7. The standard InChI is InChI=1S/C16H23N5O4S/c1-10(22)12-14(23)21-13(16(24)25)11(26-15(12)21)7-5-3-2-4-6-8-20-9-17-18-19-20/h9-10,12,15,22H,2-8H2,1H3,(H,24,25)/t10-,12+,15-/m1/s1. The van der Waals surface area contributed by atoms with Crippen molar-refractivity contribution < 1.29 is 19.8 Å². The summed E-state index contributed by atoms with van der Waals surface area (Å²) in [6, 6.07) is 0. The number of hydrogen-bond donors (Lipinski definition) is 2. The lowest BCUT2D eigenvalue weighted by Crippen LogP contribution is -2.60. The van der Waals surface area contributed by atoms with Crippen molar-refractivity contribution in [2.45, 2.75) is 63.5 Å². The summed E-state index contributed by atoms with van der Waals surface area (Å²) in [5, 5.41) is 29.9. The van der Waals surface area contributed by atoms with Crippen LogP contribution in [0.4, 0.5) is 0 Å². The van der Waals surface area contributed by atoms with E-state index in [4.69, 9.17) is 0 Å². The van der Waals surface area contributed by atoms with E-state index in [1.54, 1.807) is 17.9 Å². The minimum absolute atomic E-state index is 0.112. The zero-order valence-electron chi connectivity index (χ0n) is 14.6. The molecule has 1 fully saturated rings. The van der Waals surface area contributed by atoms with Crippen LogP contribution in [0, 0.1) is 5.92 Å². The van der Waals surface area contributed by atoms with E-state index in [-0.39, 0.29) is 17.0 Å². The fourth-order valence-corrected chi connectivity index (χ4v) is 5.06. The van der Waals surface area contributed by atoms with Crippen molar-refractivity contribution in [2.75, 3.05) is 0 Å². The van der Waals surface area contributed by atoms with Crippen molar-refractivity contribution in [1.29, 1.82) is 0 Å². The van der Waals surface area contributed by atoms with Crippen molar-refractivity contribution >= 4 is 23.6 Å². The molecule has 0 unspecified atom stereocenters. The number of aryl methyl sites for hydroxylation is 1. The lowest BCUT2D eigenvalue weighted by molar-refractivity contribution is -0.156. The number of thioether (sulfide) groups is 1. The number of carbonyl (C=O) groups is 2. The Bertz CT molecular complexity index is 691. The van der Waals surface area contributed by atoms with Gasteiger partial charge in [0.25, 0.3) is 0 Å². The number of fused-ring (bicyclic) bond motifs is 1. The Kier molecular flexibility index (Phi) is 5.92.